The normalized spacial score (nSPS) is 13.4. The van der Waals surface area contributed by atoms with E-state index in [1.54, 1.807) is 0 Å². The lowest BCUT2D eigenvalue weighted by molar-refractivity contribution is 0.574. The van der Waals surface area contributed by atoms with Gasteiger partial charge in [-0.2, -0.15) is 0 Å². The van der Waals surface area contributed by atoms with Crippen molar-refractivity contribution in [3.8, 4) is 0 Å². The van der Waals surface area contributed by atoms with E-state index in [4.69, 9.17) is 0 Å². The molecule has 1 N–H and O–H groups in total. The van der Waals surface area contributed by atoms with Crippen LogP contribution in [0.2, 0.25) is 0 Å². The monoisotopic (exact) mass is 271 g/mol. The molecular weight excluding hydrogens is 246 g/mol. The maximum atomic E-state index is 4.44. The van der Waals surface area contributed by atoms with Crippen molar-refractivity contribution in [2.24, 2.45) is 7.05 Å². The Morgan fingerprint density at radius 1 is 1.20 bits per heavy atom. The zero-order chi connectivity index (χ0) is 14.8. The number of benzene rings is 1. The molecule has 108 valence electrons. The average Bonchev–Trinajstić information content (AvgIpc) is 2.82. The van der Waals surface area contributed by atoms with E-state index in [-0.39, 0.29) is 11.5 Å². The number of nitrogens with zero attached hydrogens (tertiary/aromatic N) is 2. The molecule has 1 unspecified atom stereocenters. The third-order valence-corrected chi connectivity index (χ3v) is 3.69. The van der Waals surface area contributed by atoms with Gasteiger partial charge >= 0.3 is 0 Å². The van der Waals surface area contributed by atoms with E-state index in [0.717, 1.165) is 12.1 Å². The third kappa shape index (κ3) is 3.48. The lowest BCUT2D eigenvalue weighted by Crippen LogP contribution is -2.19. The fourth-order valence-electron chi connectivity index (χ4n) is 2.34. The molecular formula is C17H25N3. The maximum absolute atomic E-state index is 4.44. The lowest BCUT2D eigenvalue weighted by Gasteiger charge is -2.20. The van der Waals surface area contributed by atoms with E-state index < -0.39 is 0 Å². The number of likely N-dealkylation sites (N-methyl/N-ethyl adjacent to an activating group) is 1. The number of hydrogen-bond donors (Lipinski definition) is 1. The van der Waals surface area contributed by atoms with Crippen molar-refractivity contribution in [3.05, 3.63) is 53.6 Å². The summed E-state index contributed by atoms with van der Waals surface area (Å²) in [7, 11) is 3.99. The van der Waals surface area contributed by atoms with Gasteiger partial charge in [-0.05, 0) is 30.0 Å². The van der Waals surface area contributed by atoms with Crippen LogP contribution in [0.15, 0.2) is 36.8 Å². The van der Waals surface area contributed by atoms with Crippen molar-refractivity contribution in [1.82, 2.24) is 14.9 Å². The Balaban J connectivity index is 2.12. The Morgan fingerprint density at radius 3 is 2.30 bits per heavy atom. The standard InChI is InChI=1S/C17H25N3/c1-17(2,3)14-8-6-13(7-9-14)10-15(18-4)16-11-20(5)12-19-16/h6-9,11-12,15,18H,10H2,1-5H3. The third-order valence-electron chi connectivity index (χ3n) is 3.69. The highest BCUT2D eigenvalue weighted by molar-refractivity contribution is 5.28. The summed E-state index contributed by atoms with van der Waals surface area (Å²) in [4.78, 5) is 4.44. The molecule has 0 saturated heterocycles. The van der Waals surface area contributed by atoms with Gasteiger partial charge in [0.2, 0.25) is 0 Å². The second kappa shape index (κ2) is 5.80. The lowest BCUT2D eigenvalue weighted by atomic mass is 9.86. The zero-order valence-corrected chi connectivity index (χ0v) is 13.1. The van der Waals surface area contributed by atoms with Crippen LogP contribution in [0.3, 0.4) is 0 Å². The average molecular weight is 271 g/mol. The molecule has 0 spiro atoms. The number of hydrogen-bond acceptors (Lipinski definition) is 2. The Hall–Kier alpha value is -1.61. The Kier molecular flexibility index (Phi) is 4.29. The number of rotatable bonds is 4. The predicted octanol–water partition coefficient (Wildman–Crippen LogP) is 3.22. The van der Waals surface area contributed by atoms with Crippen molar-refractivity contribution in [3.63, 3.8) is 0 Å². The van der Waals surface area contributed by atoms with Crippen LogP contribution < -0.4 is 5.32 Å². The van der Waals surface area contributed by atoms with Crippen molar-refractivity contribution < 1.29 is 0 Å². The van der Waals surface area contributed by atoms with Crippen LogP contribution in [0.4, 0.5) is 0 Å². The summed E-state index contributed by atoms with van der Waals surface area (Å²) in [6, 6.07) is 9.19. The molecule has 0 bridgehead atoms. The van der Waals surface area contributed by atoms with Crippen molar-refractivity contribution in [2.45, 2.75) is 38.6 Å². The van der Waals surface area contributed by atoms with Crippen LogP contribution in [-0.2, 0) is 18.9 Å². The minimum absolute atomic E-state index is 0.210. The molecule has 0 aliphatic heterocycles. The van der Waals surface area contributed by atoms with Gasteiger partial charge in [0.05, 0.1) is 18.1 Å². The summed E-state index contributed by atoms with van der Waals surface area (Å²) in [5.41, 5.74) is 4.01. The molecule has 0 saturated carbocycles. The topological polar surface area (TPSA) is 29.9 Å². The molecule has 2 aromatic rings. The Labute approximate surface area is 122 Å². The molecule has 2 rings (SSSR count). The molecule has 0 radical (unpaired) electrons. The largest absolute Gasteiger partial charge is 0.340 e. The minimum Gasteiger partial charge on any atom is -0.340 e. The number of aromatic nitrogens is 2. The highest BCUT2D eigenvalue weighted by Crippen LogP contribution is 2.23. The van der Waals surface area contributed by atoms with Gasteiger partial charge in [0.1, 0.15) is 0 Å². The van der Waals surface area contributed by atoms with Gasteiger partial charge in [0.15, 0.2) is 0 Å². The smallest absolute Gasteiger partial charge is 0.0947 e. The molecule has 1 aromatic heterocycles. The molecule has 20 heavy (non-hydrogen) atoms. The molecule has 1 heterocycles. The minimum atomic E-state index is 0.210. The summed E-state index contributed by atoms with van der Waals surface area (Å²) in [5.74, 6) is 0. The second-order valence-electron chi connectivity index (χ2n) is 6.46. The van der Waals surface area contributed by atoms with Crippen LogP contribution >= 0.6 is 0 Å². The van der Waals surface area contributed by atoms with Crippen molar-refractivity contribution >= 4 is 0 Å². The number of nitrogens with one attached hydrogen (secondary N) is 1. The first-order valence-corrected chi connectivity index (χ1v) is 7.14. The fourth-order valence-corrected chi connectivity index (χ4v) is 2.34. The Bertz CT molecular complexity index is 546. The molecule has 0 aliphatic rings. The highest BCUT2D eigenvalue weighted by atomic mass is 15.0. The first-order chi connectivity index (χ1) is 9.40. The number of imidazole rings is 1. The molecule has 3 heteroatoms. The molecule has 0 aliphatic carbocycles. The van der Waals surface area contributed by atoms with Crippen LogP contribution in [-0.4, -0.2) is 16.6 Å². The molecule has 3 nitrogen and oxygen atoms in total. The summed E-state index contributed by atoms with van der Waals surface area (Å²) >= 11 is 0. The maximum Gasteiger partial charge on any atom is 0.0947 e. The van der Waals surface area contributed by atoms with Crippen molar-refractivity contribution in [2.75, 3.05) is 7.05 Å². The zero-order valence-electron chi connectivity index (χ0n) is 13.1. The molecule has 0 fully saturated rings. The molecule has 0 amide bonds. The van der Waals surface area contributed by atoms with E-state index in [1.165, 1.54) is 11.1 Å². The van der Waals surface area contributed by atoms with Crippen LogP contribution in [0, 0.1) is 0 Å². The van der Waals surface area contributed by atoms with Gasteiger partial charge in [-0.1, -0.05) is 45.0 Å². The van der Waals surface area contributed by atoms with Crippen LogP contribution in [0.25, 0.3) is 0 Å². The van der Waals surface area contributed by atoms with E-state index >= 15 is 0 Å². The fraction of sp³-hybridized carbons (Fsp3) is 0.471. The van der Waals surface area contributed by atoms with E-state index in [0.29, 0.717) is 0 Å². The quantitative estimate of drug-likeness (QED) is 0.925. The van der Waals surface area contributed by atoms with Gasteiger partial charge in [0, 0.05) is 13.2 Å². The van der Waals surface area contributed by atoms with Gasteiger partial charge < -0.3 is 9.88 Å². The van der Waals surface area contributed by atoms with E-state index in [1.807, 2.05) is 25.0 Å². The van der Waals surface area contributed by atoms with Gasteiger partial charge in [-0.3, -0.25) is 0 Å². The first-order valence-electron chi connectivity index (χ1n) is 7.14. The van der Waals surface area contributed by atoms with Gasteiger partial charge in [-0.25, -0.2) is 4.98 Å². The summed E-state index contributed by atoms with van der Waals surface area (Å²) < 4.78 is 1.99. The van der Waals surface area contributed by atoms with E-state index in [2.05, 4.69) is 61.5 Å². The van der Waals surface area contributed by atoms with E-state index in [9.17, 15) is 0 Å². The number of aryl methyl sites for hydroxylation is 1. The van der Waals surface area contributed by atoms with Crippen LogP contribution in [0.1, 0.15) is 43.6 Å². The Morgan fingerprint density at radius 2 is 1.85 bits per heavy atom. The summed E-state index contributed by atoms with van der Waals surface area (Å²) in [6.45, 7) is 6.73. The van der Waals surface area contributed by atoms with Gasteiger partial charge in [-0.15, -0.1) is 0 Å². The van der Waals surface area contributed by atoms with Crippen molar-refractivity contribution in [1.29, 1.82) is 0 Å². The summed E-state index contributed by atoms with van der Waals surface area (Å²) in [6.07, 6.45) is 4.88. The molecule has 1 aromatic carbocycles. The van der Waals surface area contributed by atoms with Crippen LogP contribution in [0.5, 0.6) is 0 Å². The molecule has 1 atom stereocenters. The highest BCUT2D eigenvalue weighted by Gasteiger charge is 2.15. The summed E-state index contributed by atoms with van der Waals surface area (Å²) in [5, 5.41) is 3.35. The first kappa shape index (κ1) is 14.8. The predicted molar refractivity (Wildman–Crippen MR) is 83.9 cm³/mol. The second-order valence-corrected chi connectivity index (χ2v) is 6.46. The SMILES string of the molecule is CNC(Cc1ccc(C(C)(C)C)cc1)c1cn(C)cn1. The van der Waals surface area contributed by atoms with Gasteiger partial charge in [0.25, 0.3) is 0 Å².